The molecule has 0 bridgehead atoms. The van der Waals surface area contributed by atoms with Crippen molar-refractivity contribution < 1.29 is 13.2 Å². The van der Waals surface area contributed by atoms with E-state index in [9.17, 15) is 13.2 Å². The molecule has 3 aliphatic heterocycles. The molecular weight excluding hydrogens is 400 g/mol. The average molecular weight is 443 g/mol. The van der Waals surface area contributed by atoms with Gasteiger partial charge in [0, 0.05) is 45.3 Å². The van der Waals surface area contributed by atoms with Crippen molar-refractivity contribution >= 4 is 16.1 Å². The Kier molecular flexibility index (Phi) is 8.58. The minimum atomic E-state index is -3.48. The van der Waals surface area contributed by atoms with E-state index < -0.39 is 10.2 Å². The Bertz CT molecular complexity index is 661. The second kappa shape index (κ2) is 10.7. The maximum atomic E-state index is 13.2. The fourth-order valence-electron chi connectivity index (χ4n) is 5.45. The lowest BCUT2D eigenvalue weighted by Gasteiger charge is -2.39. The number of piperidine rings is 3. The molecule has 0 aromatic rings. The Morgan fingerprint density at radius 2 is 1.67 bits per heavy atom. The quantitative estimate of drug-likeness (QED) is 0.614. The number of hydrogen-bond donors (Lipinski definition) is 1. The average Bonchev–Trinajstić information content (AvgIpc) is 2.71. The first-order valence-electron chi connectivity index (χ1n) is 12.0. The van der Waals surface area contributed by atoms with Crippen molar-refractivity contribution in [1.29, 1.82) is 0 Å². The van der Waals surface area contributed by atoms with Crippen LogP contribution in [-0.2, 0) is 15.0 Å². The first-order valence-corrected chi connectivity index (χ1v) is 13.4. The molecule has 30 heavy (non-hydrogen) atoms. The van der Waals surface area contributed by atoms with E-state index in [4.69, 9.17) is 0 Å². The Morgan fingerprint density at radius 1 is 0.933 bits per heavy atom. The molecule has 3 heterocycles. The number of likely N-dealkylation sites (tertiary alicyclic amines) is 1. The molecule has 1 amide bonds. The van der Waals surface area contributed by atoms with Crippen molar-refractivity contribution in [2.45, 2.75) is 71.8 Å². The third-order valence-corrected chi connectivity index (χ3v) is 9.04. The van der Waals surface area contributed by atoms with Gasteiger partial charge in [-0.25, -0.2) is 0 Å². The molecule has 0 unspecified atom stereocenters. The monoisotopic (exact) mass is 442 g/mol. The maximum Gasteiger partial charge on any atom is 0.282 e. The van der Waals surface area contributed by atoms with Crippen molar-refractivity contribution in [3.63, 3.8) is 0 Å². The van der Waals surface area contributed by atoms with Crippen LogP contribution in [0.15, 0.2) is 0 Å². The number of nitrogens with zero attached hydrogens (tertiary/aromatic N) is 3. The van der Waals surface area contributed by atoms with Crippen molar-refractivity contribution in [2.75, 3.05) is 45.8 Å². The fraction of sp³-hybridized carbons (Fsp3) is 0.955. The predicted octanol–water partition coefficient (Wildman–Crippen LogP) is 2.30. The first kappa shape index (κ1) is 24.0. The zero-order valence-corrected chi connectivity index (χ0v) is 20.0. The molecule has 174 valence electrons. The van der Waals surface area contributed by atoms with E-state index in [1.807, 2.05) is 0 Å². The number of amides is 1. The molecular formula is C22H42N4O3S. The molecule has 0 spiro atoms. The molecule has 4 atom stereocenters. The summed E-state index contributed by atoms with van der Waals surface area (Å²) in [6.45, 7) is 11.4. The van der Waals surface area contributed by atoms with Gasteiger partial charge in [-0.15, -0.1) is 0 Å². The van der Waals surface area contributed by atoms with Gasteiger partial charge < -0.3 is 10.2 Å². The Hall–Kier alpha value is -0.700. The Balaban J connectivity index is 1.46. The highest BCUT2D eigenvalue weighted by molar-refractivity contribution is 7.86. The van der Waals surface area contributed by atoms with Crippen LogP contribution in [0, 0.1) is 17.8 Å². The molecule has 1 N–H and O–H groups in total. The molecule has 0 aromatic heterocycles. The zero-order chi connectivity index (χ0) is 21.7. The van der Waals surface area contributed by atoms with Crippen LogP contribution >= 0.6 is 0 Å². The highest BCUT2D eigenvalue weighted by Gasteiger charge is 2.38. The summed E-state index contributed by atoms with van der Waals surface area (Å²) >= 11 is 0. The van der Waals surface area contributed by atoms with Crippen LogP contribution in [0.3, 0.4) is 0 Å². The first-order chi connectivity index (χ1) is 14.3. The lowest BCUT2D eigenvalue weighted by atomic mass is 9.94. The summed E-state index contributed by atoms with van der Waals surface area (Å²) < 4.78 is 29.6. The van der Waals surface area contributed by atoms with E-state index in [-0.39, 0.29) is 11.8 Å². The van der Waals surface area contributed by atoms with Gasteiger partial charge in [-0.1, -0.05) is 20.3 Å². The van der Waals surface area contributed by atoms with E-state index in [0.29, 0.717) is 50.6 Å². The standard InChI is InChI=1S/C22H42N4O3S/c1-18-14-19(2)16-26(15-18)30(28,29)25-13-6-9-21(17-25)22(27)23-10-7-12-24-11-5-4-8-20(24)3/h18-21H,4-17H2,1-3H3,(H,23,27)/t18-,19+,20-,21-/m1/s1. The summed E-state index contributed by atoms with van der Waals surface area (Å²) in [5.41, 5.74) is 0. The molecule has 0 aromatic carbocycles. The van der Waals surface area contributed by atoms with Gasteiger partial charge in [0.1, 0.15) is 0 Å². The summed E-state index contributed by atoms with van der Waals surface area (Å²) in [6, 6.07) is 0.645. The summed E-state index contributed by atoms with van der Waals surface area (Å²) in [6.07, 6.45) is 7.42. The van der Waals surface area contributed by atoms with Gasteiger partial charge in [0.25, 0.3) is 10.2 Å². The van der Waals surface area contributed by atoms with E-state index in [1.54, 1.807) is 8.61 Å². The minimum absolute atomic E-state index is 0.0157. The zero-order valence-electron chi connectivity index (χ0n) is 19.2. The van der Waals surface area contributed by atoms with Crippen LogP contribution in [0.4, 0.5) is 0 Å². The summed E-state index contributed by atoms with van der Waals surface area (Å²) in [5, 5.41) is 3.07. The predicted molar refractivity (Wildman–Crippen MR) is 120 cm³/mol. The second-order valence-corrected chi connectivity index (χ2v) is 11.9. The summed E-state index contributed by atoms with van der Waals surface area (Å²) in [5.74, 6) is 0.550. The van der Waals surface area contributed by atoms with Gasteiger partial charge in [0.15, 0.2) is 0 Å². The lowest BCUT2D eigenvalue weighted by molar-refractivity contribution is -0.126. The number of rotatable bonds is 7. The van der Waals surface area contributed by atoms with Gasteiger partial charge >= 0.3 is 0 Å². The maximum absolute atomic E-state index is 13.2. The molecule has 0 aliphatic carbocycles. The van der Waals surface area contributed by atoms with Crippen LogP contribution in [0.25, 0.3) is 0 Å². The Morgan fingerprint density at radius 3 is 2.37 bits per heavy atom. The number of nitrogens with one attached hydrogen (secondary N) is 1. The molecule has 0 saturated carbocycles. The van der Waals surface area contributed by atoms with Crippen LogP contribution in [0.1, 0.15) is 65.7 Å². The van der Waals surface area contributed by atoms with Crippen LogP contribution in [0.5, 0.6) is 0 Å². The molecule has 3 fully saturated rings. The van der Waals surface area contributed by atoms with Gasteiger partial charge in [0.2, 0.25) is 5.91 Å². The van der Waals surface area contributed by atoms with Gasteiger partial charge in [-0.05, 0) is 63.8 Å². The normalized spacial score (nSPS) is 32.8. The topological polar surface area (TPSA) is 73.0 Å². The van der Waals surface area contributed by atoms with Gasteiger partial charge in [0.05, 0.1) is 5.92 Å². The van der Waals surface area contributed by atoms with Crippen LogP contribution < -0.4 is 5.32 Å². The van der Waals surface area contributed by atoms with Crippen LogP contribution in [-0.4, -0.2) is 79.7 Å². The molecule has 7 nitrogen and oxygen atoms in total. The molecule has 8 heteroatoms. The largest absolute Gasteiger partial charge is 0.356 e. The van der Waals surface area contributed by atoms with E-state index in [0.717, 1.165) is 38.8 Å². The van der Waals surface area contributed by atoms with Crippen molar-refractivity contribution in [2.24, 2.45) is 17.8 Å². The van der Waals surface area contributed by atoms with E-state index in [1.165, 1.54) is 19.3 Å². The van der Waals surface area contributed by atoms with Crippen molar-refractivity contribution in [3.05, 3.63) is 0 Å². The highest BCUT2D eigenvalue weighted by atomic mass is 32.2. The highest BCUT2D eigenvalue weighted by Crippen LogP contribution is 2.27. The van der Waals surface area contributed by atoms with E-state index in [2.05, 4.69) is 31.0 Å². The second-order valence-electron chi connectivity index (χ2n) is 9.99. The summed E-state index contributed by atoms with van der Waals surface area (Å²) in [7, 11) is -3.48. The van der Waals surface area contributed by atoms with Crippen molar-refractivity contribution in [1.82, 2.24) is 18.8 Å². The van der Waals surface area contributed by atoms with Crippen LogP contribution in [0.2, 0.25) is 0 Å². The molecule has 3 saturated heterocycles. The minimum Gasteiger partial charge on any atom is -0.356 e. The molecule has 3 aliphatic rings. The lowest BCUT2D eigenvalue weighted by Crippen LogP contribution is -2.53. The van der Waals surface area contributed by atoms with Gasteiger partial charge in [-0.2, -0.15) is 17.0 Å². The van der Waals surface area contributed by atoms with Gasteiger partial charge in [-0.3, -0.25) is 4.79 Å². The van der Waals surface area contributed by atoms with Crippen molar-refractivity contribution in [3.8, 4) is 0 Å². The Labute approximate surface area is 183 Å². The third kappa shape index (κ3) is 6.17. The smallest absolute Gasteiger partial charge is 0.282 e. The third-order valence-electron chi connectivity index (χ3n) is 7.10. The number of hydrogen-bond acceptors (Lipinski definition) is 4. The molecule has 0 radical (unpaired) electrons. The van der Waals surface area contributed by atoms with E-state index >= 15 is 0 Å². The summed E-state index contributed by atoms with van der Waals surface area (Å²) in [4.78, 5) is 15.2. The number of carbonyl (C=O) groups is 1. The fourth-order valence-corrected chi connectivity index (χ4v) is 7.39. The molecule has 3 rings (SSSR count). The SMILES string of the molecule is C[C@@H]1C[C@H](C)CN(S(=O)(=O)N2CCC[C@@H](C(=O)NCCCN3CCCC[C@H]3C)C2)C1. The number of carbonyl (C=O) groups excluding carboxylic acids is 1.